The summed E-state index contributed by atoms with van der Waals surface area (Å²) in [4.78, 5) is 0. The summed E-state index contributed by atoms with van der Waals surface area (Å²) in [5.74, 6) is 0.421. The highest BCUT2D eigenvalue weighted by atomic mass is 35.5. The summed E-state index contributed by atoms with van der Waals surface area (Å²) in [6.45, 7) is 3.72. The summed E-state index contributed by atoms with van der Waals surface area (Å²) in [6, 6.07) is 0. The molecule has 1 saturated carbocycles. The third-order valence-corrected chi connectivity index (χ3v) is 2.82. The lowest BCUT2D eigenvalue weighted by atomic mass is 9.87. The summed E-state index contributed by atoms with van der Waals surface area (Å²) in [5, 5.41) is 0. The molecule has 0 unspecified atom stereocenters. The van der Waals surface area contributed by atoms with Gasteiger partial charge in [-0.2, -0.15) is 0 Å². The molecule has 0 aromatic carbocycles. The Hall–Kier alpha value is 0.580. The van der Waals surface area contributed by atoms with Gasteiger partial charge in [-0.05, 0) is 25.7 Å². The Bertz CT molecular complexity index is 98.3. The highest BCUT2D eigenvalue weighted by molar-refractivity contribution is 6.49. The molecule has 1 fully saturated rings. The van der Waals surface area contributed by atoms with Crippen LogP contribution in [0, 0.1) is 12.8 Å². The first-order valence-electron chi connectivity index (χ1n) is 3.84. The second kappa shape index (κ2) is 3.32. The fraction of sp³-hybridized carbons (Fsp3) is 0.875. The van der Waals surface area contributed by atoms with Gasteiger partial charge in [0.15, 0.2) is 0 Å². The molecule has 10 heavy (non-hydrogen) atoms. The fourth-order valence-corrected chi connectivity index (χ4v) is 1.96. The summed E-state index contributed by atoms with van der Waals surface area (Å²) in [6.07, 6.45) is 6.16. The predicted molar refractivity (Wildman–Crippen MR) is 46.4 cm³/mol. The van der Waals surface area contributed by atoms with Crippen molar-refractivity contribution < 1.29 is 0 Å². The zero-order chi connectivity index (χ0) is 7.61. The van der Waals surface area contributed by atoms with Gasteiger partial charge in [0.05, 0.1) is 0 Å². The Labute approximate surface area is 72.9 Å². The van der Waals surface area contributed by atoms with Gasteiger partial charge in [-0.1, -0.05) is 19.3 Å². The van der Waals surface area contributed by atoms with Crippen molar-refractivity contribution in [2.75, 3.05) is 0 Å². The van der Waals surface area contributed by atoms with Crippen LogP contribution in [-0.4, -0.2) is 4.33 Å². The molecular formula is C8H13Cl2. The van der Waals surface area contributed by atoms with Crippen LogP contribution < -0.4 is 0 Å². The van der Waals surface area contributed by atoms with E-state index in [4.69, 9.17) is 23.2 Å². The fourth-order valence-electron chi connectivity index (χ4n) is 1.52. The molecule has 59 valence electrons. The number of rotatable bonds is 1. The molecule has 0 heterocycles. The topological polar surface area (TPSA) is 0 Å². The minimum absolute atomic E-state index is 0.421. The number of alkyl halides is 2. The molecular weight excluding hydrogens is 167 g/mol. The lowest BCUT2D eigenvalue weighted by Crippen LogP contribution is -2.24. The maximum Gasteiger partial charge on any atom is 0.121 e. The Morgan fingerprint density at radius 1 is 1.10 bits per heavy atom. The van der Waals surface area contributed by atoms with E-state index in [1.54, 1.807) is 0 Å². The zero-order valence-electron chi connectivity index (χ0n) is 6.08. The zero-order valence-corrected chi connectivity index (χ0v) is 7.59. The van der Waals surface area contributed by atoms with Gasteiger partial charge in [0, 0.05) is 0 Å². The summed E-state index contributed by atoms with van der Waals surface area (Å²) in [7, 11) is 0. The van der Waals surface area contributed by atoms with Crippen LogP contribution in [0.5, 0.6) is 0 Å². The molecule has 0 spiro atoms. The molecule has 1 rings (SSSR count). The second-order valence-corrected chi connectivity index (χ2v) is 4.64. The van der Waals surface area contributed by atoms with Crippen LogP contribution in [0.4, 0.5) is 0 Å². The first-order chi connectivity index (χ1) is 4.61. The van der Waals surface area contributed by atoms with Crippen LogP contribution in [-0.2, 0) is 0 Å². The Kier molecular flexibility index (Phi) is 2.88. The van der Waals surface area contributed by atoms with E-state index in [1.165, 1.54) is 19.3 Å². The number of hydrogen-bond donors (Lipinski definition) is 0. The molecule has 0 nitrogen and oxygen atoms in total. The average Bonchev–Trinajstić information content (AvgIpc) is 1.88. The lowest BCUT2D eigenvalue weighted by molar-refractivity contribution is 0.348. The van der Waals surface area contributed by atoms with E-state index in [1.807, 2.05) is 0 Å². The number of hydrogen-bond acceptors (Lipinski definition) is 0. The summed E-state index contributed by atoms with van der Waals surface area (Å²) < 4.78 is -0.736. The molecule has 2 heteroatoms. The van der Waals surface area contributed by atoms with Crippen molar-refractivity contribution in [3.05, 3.63) is 6.92 Å². The highest BCUT2D eigenvalue weighted by Gasteiger charge is 2.30. The maximum atomic E-state index is 5.87. The molecule has 1 aliphatic carbocycles. The normalized spacial score (nSPS) is 23.1. The van der Waals surface area contributed by atoms with Gasteiger partial charge in [0.2, 0.25) is 0 Å². The van der Waals surface area contributed by atoms with E-state index < -0.39 is 4.33 Å². The molecule has 0 N–H and O–H groups in total. The van der Waals surface area contributed by atoms with Crippen molar-refractivity contribution >= 4 is 23.2 Å². The van der Waals surface area contributed by atoms with Gasteiger partial charge in [-0.15, -0.1) is 23.2 Å². The molecule has 0 aromatic heterocycles. The van der Waals surface area contributed by atoms with Gasteiger partial charge < -0.3 is 0 Å². The van der Waals surface area contributed by atoms with Crippen LogP contribution in [0.3, 0.4) is 0 Å². The second-order valence-electron chi connectivity index (χ2n) is 3.10. The van der Waals surface area contributed by atoms with E-state index in [9.17, 15) is 0 Å². The maximum absolute atomic E-state index is 5.87. The standard InChI is InChI=1S/C8H13Cl2/c1-8(9,10)7-5-3-2-4-6-7/h7H,1-6H2. The third kappa shape index (κ3) is 2.32. The molecule has 1 radical (unpaired) electrons. The van der Waals surface area contributed by atoms with Crippen molar-refractivity contribution in [3.63, 3.8) is 0 Å². The van der Waals surface area contributed by atoms with Gasteiger partial charge in [-0.3, -0.25) is 0 Å². The Morgan fingerprint density at radius 3 is 1.90 bits per heavy atom. The van der Waals surface area contributed by atoms with E-state index in [2.05, 4.69) is 6.92 Å². The van der Waals surface area contributed by atoms with Crippen LogP contribution in [0.1, 0.15) is 32.1 Å². The van der Waals surface area contributed by atoms with E-state index >= 15 is 0 Å². The number of halogens is 2. The molecule has 0 saturated heterocycles. The van der Waals surface area contributed by atoms with Crippen molar-refractivity contribution in [1.82, 2.24) is 0 Å². The van der Waals surface area contributed by atoms with Crippen molar-refractivity contribution in [3.8, 4) is 0 Å². The van der Waals surface area contributed by atoms with Gasteiger partial charge in [0.1, 0.15) is 4.33 Å². The average molecular weight is 180 g/mol. The van der Waals surface area contributed by atoms with Gasteiger partial charge in [-0.25, -0.2) is 0 Å². The molecule has 0 atom stereocenters. The molecule has 0 aliphatic heterocycles. The quantitative estimate of drug-likeness (QED) is 0.541. The Balaban J connectivity index is 2.39. The van der Waals surface area contributed by atoms with Crippen LogP contribution in [0.25, 0.3) is 0 Å². The molecule has 1 aliphatic rings. The molecule has 0 bridgehead atoms. The van der Waals surface area contributed by atoms with Crippen LogP contribution in [0.15, 0.2) is 0 Å². The van der Waals surface area contributed by atoms with Crippen LogP contribution in [0.2, 0.25) is 0 Å². The first kappa shape index (κ1) is 8.67. The van der Waals surface area contributed by atoms with Crippen molar-refractivity contribution in [2.24, 2.45) is 5.92 Å². The third-order valence-electron chi connectivity index (χ3n) is 2.20. The first-order valence-corrected chi connectivity index (χ1v) is 4.59. The summed E-state index contributed by atoms with van der Waals surface area (Å²) >= 11 is 11.7. The van der Waals surface area contributed by atoms with Crippen LogP contribution >= 0.6 is 23.2 Å². The smallest absolute Gasteiger partial charge is 0.101 e. The molecule has 0 aromatic rings. The minimum Gasteiger partial charge on any atom is -0.101 e. The van der Waals surface area contributed by atoms with Gasteiger partial charge >= 0.3 is 0 Å². The summed E-state index contributed by atoms with van der Waals surface area (Å²) in [5.41, 5.74) is 0. The Morgan fingerprint density at radius 2 is 1.60 bits per heavy atom. The van der Waals surface area contributed by atoms with Crippen molar-refractivity contribution in [1.29, 1.82) is 0 Å². The SMILES string of the molecule is [CH2]C(Cl)(Cl)C1CCCCC1. The van der Waals surface area contributed by atoms with E-state index in [0.29, 0.717) is 5.92 Å². The molecule has 0 amide bonds. The minimum atomic E-state index is -0.736. The predicted octanol–water partition coefficient (Wildman–Crippen LogP) is 3.57. The lowest BCUT2D eigenvalue weighted by Gasteiger charge is -2.29. The highest BCUT2D eigenvalue weighted by Crippen LogP contribution is 2.39. The van der Waals surface area contributed by atoms with E-state index in [0.717, 1.165) is 12.8 Å². The largest absolute Gasteiger partial charge is 0.121 e. The van der Waals surface area contributed by atoms with Crippen molar-refractivity contribution in [2.45, 2.75) is 36.4 Å². The monoisotopic (exact) mass is 179 g/mol. The van der Waals surface area contributed by atoms with E-state index in [-0.39, 0.29) is 0 Å². The van der Waals surface area contributed by atoms with Gasteiger partial charge in [0.25, 0.3) is 0 Å².